The highest BCUT2D eigenvalue weighted by Gasteiger charge is 2.53. The molecular weight excluding hydrogens is 204 g/mol. The molecule has 0 unspecified atom stereocenters. The van der Waals surface area contributed by atoms with Crippen molar-refractivity contribution < 1.29 is 0 Å². The largest absolute Gasteiger partial charge is 0.0788 e. The van der Waals surface area contributed by atoms with Gasteiger partial charge < -0.3 is 0 Å². The average Bonchev–Trinajstić information content (AvgIpc) is 2.78. The zero-order chi connectivity index (χ0) is 11.5. The van der Waals surface area contributed by atoms with Crippen LogP contribution >= 0.6 is 0 Å². The zero-order valence-electron chi connectivity index (χ0n) is 11.3. The Hall–Kier alpha value is -0.260. The van der Waals surface area contributed by atoms with Crippen molar-refractivity contribution in [3.63, 3.8) is 0 Å². The van der Waals surface area contributed by atoms with Gasteiger partial charge in [-0.25, -0.2) is 0 Å². The summed E-state index contributed by atoms with van der Waals surface area (Å²) in [5.41, 5.74) is 2.42. The zero-order valence-corrected chi connectivity index (χ0v) is 11.3. The molecule has 5 fully saturated rings. The van der Waals surface area contributed by atoms with Crippen LogP contribution in [-0.4, -0.2) is 0 Å². The Morgan fingerprint density at radius 1 is 0.882 bits per heavy atom. The molecule has 5 rings (SSSR count). The molecule has 0 aromatic carbocycles. The van der Waals surface area contributed by atoms with Crippen LogP contribution in [0.5, 0.6) is 0 Å². The van der Waals surface area contributed by atoms with Gasteiger partial charge in [-0.1, -0.05) is 18.6 Å². The smallest absolute Gasteiger partial charge is 0.00870 e. The van der Waals surface area contributed by atoms with E-state index >= 15 is 0 Å². The monoisotopic (exact) mass is 230 g/mol. The van der Waals surface area contributed by atoms with Gasteiger partial charge in [0.05, 0.1) is 0 Å². The van der Waals surface area contributed by atoms with Crippen LogP contribution in [0.2, 0.25) is 0 Å². The molecule has 5 aliphatic rings. The van der Waals surface area contributed by atoms with E-state index < -0.39 is 0 Å². The van der Waals surface area contributed by atoms with Gasteiger partial charge >= 0.3 is 0 Å². The summed E-state index contributed by atoms with van der Waals surface area (Å²) in [6.45, 7) is 2.62. The van der Waals surface area contributed by atoms with Crippen molar-refractivity contribution in [1.82, 2.24) is 0 Å². The van der Waals surface area contributed by atoms with Crippen molar-refractivity contribution in [2.45, 2.75) is 64.7 Å². The van der Waals surface area contributed by atoms with Gasteiger partial charge in [0.2, 0.25) is 0 Å². The molecule has 0 radical (unpaired) electrons. The fourth-order valence-electron chi connectivity index (χ4n) is 5.85. The van der Waals surface area contributed by atoms with Gasteiger partial charge in [0.1, 0.15) is 0 Å². The molecule has 5 aliphatic carbocycles. The summed E-state index contributed by atoms with van der Waals surface area (Å²) in [5.74, 6) is 4.33. The first-order chi connectivity index (χ1) is 8.24. The summed E-state index contributed by atoms with van der Waals surface area (Å²) in [5, 5.41) is 0. The maximum absolute atomic E-state index is 2.78. The second kappa shape index (κ2) is 3.62. The molecule has 0 heterocycles. The fourth-order valence-corrected chi connectivity index (χ4v) is 5.85. The topological polar surface area (TPSA) is 0 Å². The normalized spacial score (nSPS) is 52.2. The highest BCUT2D eigenvalue weighted by Crippen LogP contribution is 2.63. The average molecular weight is 230 g/mol. The lowest BCUT2D eigenvalue weighted by Crippen LogP contribution is -2.50. The molecule has 0 amide bonds. The number of allylic oxidation sites excluding steroid dienone is 2. The minimum atomic E-state index is 0.604. The maximum atomic E-state index is 2.78. The molecule has 0 spiro atoms. The Balaban J connectivity index is 1.66. The van der Waals surface area contributed by atoms with Crippen molar-refractivity contribution in [2.75, 3.05) is 0 Å². The van der Waals surface area contributed by atoms with E-state index in [1.807, 2.05) is 5.57 Å². The summed E-state index contributed by atoms with van der Waals surface area (Å²) in [4.78, 5) is 0. The van der Waals surface area contributed by atoms with Crippen LogP contribution in [0.1, 0.15) is 64.7 Å². The molecule has 4 bridgehead atoms. The molecule has 0 aromatic rings. The standard InChI is InChI=1S/C17H26/c1-17(11-12-4-2-3-5-12)15-7-13-6-14(9-15)10-16(17)8-13/h11,13-16H,2-10H2,1H3. The lowest BCUT2D eigenvalue weighted by atomic mass is 9.46. The Labute approximate surface area is 106 Å². The van der Waals surface area contributed by atoms with Crippen LogP contribution in [0.4, 0.5) is 0 Å². The third kappa shape index (κ3) is 1.55. The SMILES string of the molecule is CC1(C=C2CCCC2)C2CC3CC(C2)CC1C3. The van der Waals surface area contributed by atoms with Gasteiger partial charge in [-0.2, -0.15) is 0 Å². The summed E-state index contributed by atoms with van der Waals surface area (Å²) in [6, 6.07) is 0. The first kappa shape index (κ1) is 10.6. The Morgan fingerprint density at radius 3 is 1.94 bits per heavy atom. The van der Waals surface area contributed by atoms with Crippen molar-refractivity contribution >= 4 is 0 Å². The third-order valence-corrected chi connectivity index (χ3v) is 6.66. The van der Waals surface area contributed by atoms with E-state index in [2.05, 4.69) is 13.0 Å². The van der Waals surface area contributed by atoms with Crippen molar-refractivity contribution in [3.05, 3.63) is 11.6 Å². The van der Waals surface area contributed by atoms with Crippen LogP contribution in [0.25, 0.3) is 0 Å². The lowest BCUT2D eigenvalue weighted by molar-refractivity contribution is -0.0713. The number of hydrogen-bond donors (Lipinski definition) is 0. The van der Waals surface area contributed by atoms with Crippen LogP contribution in [0.3, 0.4) is 0 Å². The van der Waals surface area contributed by atoms with Gasteiger partial charge in [-0.05, 0) is 86.9 Å². The number of hydrogen-bond acceptors (Lipinski definition) is 0. The summed E-state index contributed by atoms with van der Waals surface area (Å²) in [6.07, 6.45) is 16.4. The molecule has 0 heteroatoms. The summed E-state index contributed by atoms with van der Waals surface area (Å²) < 4.78 is 0. The van der Waals surface area contributed by atoms with Crippen LogP contribution in [0, 0.1) is 29.1 Å². The highest BCUT2D eigenvalue weighted by atomic mass is 14.6. The van der Waals surface area contributed by atoms with Crippen LogP contribution < -0.4 is 0 Å². The molecule has 0 nitrogen and oxygen atoms in total. The van der Waals surface area contributed by atoms with Crippen molar-refractivity contribution in [3.8, 4) is 0 Å². The molecule has 5 saturated carbocycles. The molecule has 17 heavy (non-hydrogen) atoms. The maximum Gasteiger partial charge on any atom is -0.00870 e. The molecule has 94 valence electrons. The van der Waals surface area contributed by atoms with E-state index in [4.69, 9.17) is 0 Å². The van der Waals surface area contributed by atoms with Gasteiger partial charge in [0, 0.05) is 0 Å². The fraction of sp³-hybridized carbons (Fsp3) is 0.882. The van der Waals surface area contributed by atoms with Crippen LogP contribution in [0.15, 0.2) is 11.6 Å². The molecule has 0 atom stereocenters. The van der Waals surface area contributed by atoms with E-state index in [1.165, 1.54) is 25.7 Å². The van der Waals surface area contributed by atoms with Gasteiger partial charge in [-0.15, -0.1) is 0 Å². The van der Waals surface area contributed by atoms with Crippen molar-refractivity contribution in [2.24, 2.45) is 29.1 Å². The Bertz CT molecular complexity index is 313. The van der Waals surface area contributed by atoms with Crippen LogP contribution in [-0.2, 0) is 0 Å². The Morgan fingerprint density at radius 2 is 1.41 bits per heavy atom. The molecular formula is C17H26. The van der Waals surface area contributed by atoms with E-state index in [-0.39, 0.29) is 0 Å². The summed E-state index contributed by atoms with van der Waals surface area (Å²) in [7, 11) is 0. The lowest BCUT2D eigenvalue weighted by Gasteiger charge is -2.59. The van der Waals surface area contributed by atoms with E-state index in [0.29, 0.717) is 5.41 Å². The molecule has 0 saturated heterocycles. The predicted molar refractivity (Wildman–Crippen MR) is 71.7 cm³/mol. The van der Waals surface area contributed by atoms with E-state index in [0.717, 1.165) is 23.7 Å². The molecule has 0 aliphatic heterocycles. The molecule has 0 N–H and O–H groups in total. The Kier molecular flexibility index (Phi) is 2.27. The first-order valence-electron chi connectivity index (χ1n) is 7.94. The van der Waals surface area contributed by atoms with Gasteiger partial charge in [0.25, 0.3) is 0 Å². The van der Waals surface area contributed by atoms with Gasteiger partial charge in [-0.3, -0.25) is 0 Å². The third-order valence-electron chi connectivity index (χ3n) is 6.66. The highest BCUT2D eigenvalue weighted by molar-refractivity contribution is 5.18. The minimum Gasteiger partial charge on any atom is -0.0788 e. The minimum absolute atomic E-state index is 0.604. The summed E-state index contributed by atoms with van der Waals surface area (Å²) >= 11 is 0. The molecule has 0 aromatic heterocycles. The van der Waals surface area contributed by atoms with E-state index in [9.17, 15) is 0 Å². The van der Waals surface area contributed by atoms with Gasteiger partial charge in [0.15, 0.2) is 0 Å². The van der Waals surface area contributed by atoms with E-state index in [1.54, 1.807) is 32.1 Å². The van der Waals surface area contributed by atoms with Crippen molar-refractivity contribution in [1.29, 1.82) is 0 Å². The quantitative estimate of drug-likeness (QED) is 0.559. The second-order valence-corrected chi connectivity index (χ2v) is 7.68. The number of rotatable bonds is 1. The predicted octanol–water partition coefficient (Wildman–Crippen LogP) is 4.95. The first-order valence-corrected chi connectivity index (χ1v) is 7.94. The second-order valence-electron chi connectivity index (χ2n) is 7.68.